The average Bonchev–Trinajstić information content (AvgIpc) is 2.87. The number of benzene rings is 1. The fraction of sp³-hybridized carbons (Fsp3) is 0.381. The van der Waals surface area contributed by atoms with Gasteiger partial charge in [-0.05, 0) is 43.1 Å². The van der Waals surface area contributed by atoms with Gasteiger partial charge in [0.25, 0.3) is 5.91 Å². The van der Waals surface area contributed by atoms with E-state index in [0.717, 1.165) is 36.3 Å². The second-order valence-corrected chi connectivity index (χ2v) is 7.60. The second kappa shape index (κ2) is 8.08. The highest BCUT2D eigenvalue weighted by molar-refractivity contribution is 6.28. The molecular formula is C21H24N4O4. The zero-order valence-electron chi connectivity index (χ0n) is 16.0. The van der Waals surface area contributed by atoms with Gasteiger partial charge in [-0.1, -0.05) is 24.3 Å². The predicted octanol–water partition coefficient (Wildman–Crippen LogP) is 2.20. The van der Waals surface area contributed by atoms with Gasteiger partial charge in [-0.2, -0.15) is 0 Å². The minimum Gasteiger partial charge on any atom is -0.481 e. The molecule has 1 fully saturated rings. The summed E-state index contributed by atoms with van der Waals surface area (Å²) in [6, 6.07) is 8.09. The molecule has 152 valence electrons. The largest absolute Gasteiger partial charge is 0.481 e. The van der Waals surface area contributed by atoms with Crippen LogP contribution in [0.15, 0.2) is 53.2 Å². The molecule has 0 atom stereocenters. The first-order valence-electron chi connectivity index (χ1n) is 9.79. The Labute approximate surface area is 168 Å². The highest BCUT2D eigenvalue weighted by Crippen LogP contribution is 2.37. The lowest BCUT2D eigenvalue weighted by atomic mass is 9.77. The van der Waals surface area contributed by atoms with Crippen LogP contribution in [0.5, 0.6) is 0 Å². The van der Waals surface area contributed by atoms with Crippen LogP contribution in [0.2, 0.25) is 0 Å². The topological polar surface area (TPSA) is 117 Å². The summed E-state index contributed by atoms with van der Waals surface area (Å²) >= 11 is 0. The molecule has 1 aromatic carbocycles. The van der Waals surface area contributed by atoms with Crippen LogP contribution in [0.3, 0.4) is 0 Å². The minimum atomic E-state index is -0.711. The first kappa shape index (κ1) is 19.2. The van der Waals surface area contributed by atoms with Crippen LogP contribution < -0.4 is 11.2 Å². The Morgan fingerprint density at radius 2 is 1.97 bits per heavy atom. The van der Waals surface area contributed by atoms with Crippen molar-refractivity contribution in [3.05, 3.63) is 59.3 Å². The molecule has 2 heterocycles. The summed E-state index contributed by atoms with van der Waals surface area (Å²) in [6.45, 7) is 0.315. The SMILES string of the molecule is NN1C=COC2=C(C1=O)C(c1ccc(C3CCC(CC(=O)O)CC3)cc1)=NCN2. The number of carboxylic acid groups (broad SMARTS) is 1. The maximum atomic E-state index is 12.6. The number of ether oxygens (including phenoxy) is 1. The zero-order valence-corrected chi connectivity index (χ0v) is 16.0. The molecule has 29 heavy (non-hydrogen) atoms. The number of aliphatic carboxylic acids is 1. The third kappa shape index (κ3) is 4.02. The molecule has 4 N–H and O–H groups in total. The minimum absolute atomic E-state index is 0.264. The van der Waals surface area contributed by atoms with Gasteiger partial charge in [0.2, 0.25) is 5.88 Å². The van der Waals surface area contributed by atoms with Gasteiger partial charge >= 0.3 is 5.97 Å². The maximum absolute atomic E-state index is 12.6. The molecule has 0 bridgehead atoms. The standard InChI is InChI=1S/C21H24N4O4/c22-25-9-10-29-20-18(21(25)28)19(23-12-24-20)16-7-5-15(6-8-16)14-3-1-13(2-4-14)11-17(26)27/h5-10,13-14,24H,1-4,11-12,22H2,(H,26,27). The van der Waals surface area contributed by atoms with E-state index in [9.17, 15) is 9.59 Å². The van der Waals surface area contributed by atoms with E-state index in [1.54, 1.807) is 0 Å². The van der Waals surface area contributed by atoms with E-state index in [0.29, 0.717) is 29.8 Å². The molecule has 8 heteroatoms. The second-order valence-electron chi connectivity index (χ2n) is 7.60. The molecule has 2 aliphatic heterocycles. The number of aliphatic imine (C=N–C) groups is 1. The first-order chi connectivity index (χ1) is 14.0. The molecule has 0 aromatic heterocycles. The van der Waals surface area contributed by atoms with Gasteiger partial charge in [0.1, 0.15) is 18.5 Å². The molecule has 0 saturated heterocycles. The van der Waals surface area contributed by atoms with E-state index in [2.05, 4.69) is 22.4 Å². The highest BCUT2D eigenvalue weighted by Gasteiger charge is 2.30. The molecule has 0 unspecified atom stereocenters. The van der Waals surface area contributed by atoms with Crippen molar-refractivity contribution in [2.75, 3.05) is 6.67 Å². The quantitative estimate of drug-likeness (QED) is 0.531. The third-order valence-corrected chi connectivity index (χ3v) is 5.76. The Hall–Kier alpha value is -3.13. The van der Waals surface area contributed by atoms with Crippen molar-refractivity contribution in [3.63, 3.8) is 0 Å². The third-order valence-electron chi connectivity index (χ3n) is 5.76. The van der Waals surface area contributed by atoms with E-state index < -0.39 is 5.97 Å². The summed E-state index contributed by atoms with van der Waals surface area (Å²) in [5.74, 6) is 5.72. The van der Waals surface area contributed by atoms with E-state index >= 15 is 0 Å². The van der Waals surface area contributed by atoms with Gasteiger partial charge in [0.15, 0.2) is 0 Å². The van der Waals surface area contributed by atoms with Crippen LogP contribution in [0, 0.1) is 5.92 Å². The number of rotatable bonds is 4. The summed E-state index contributed by atoms with van der Waals surface area (Å²) < 4.78 is 5.48. The number of hydrogen-bond donors (Lipinski definition) is 3. The first-order valence-corrected chi connectivity index (χ1v) is 9.79. The fourth-order valence-electron chi connectivity index (χ4n) is 4.22. The smallest absolute Gasteiger partial charge is 0.303 e. The molecule has 0 radical (unpaired) electrons. The van der Waals surface area contributed by atoms with Crippen LogP contribution in [-0.4, -0.2) is 34.4 Å². The summed E-state index contributed by atoms with van der Waals surface area (Å²) in [6.07, 6.45) is 6.87. The van der Waals surface area contributed by atoms with E-state index in [1.165, 1.54) is 18.0 Å². The Bertz CT molecular complexity index is 896. The summed E-state index contributed by atoms with van der Waals surface area (Å²) in [7, 11) is 0. The number of carboxylic acids is 1. The molecular weight excluding hydrogens is 372 g/mol. The molecule has 1 saturated carbocycles. The van der Waals surface area contributed by atoms with Crippen molar-refractivity contribution in [1.82, 2.24) is 10.3 Å². The van der Waals surface area contributed by atoms with Crippen molar-refractivity contribution in [3.8, 4) is 0 Å². The lowest BCUT2D eigenvalue weighted by Gasteiger charge is -2.28. The number of amides is 1. The van der Waals surface area contributed by atoms with Crippen LogP contribution in [0.4, 0.5) is 0 Å². The van der Waals surface area contributed by atoms with Gasteiger partial charge in [-0.25, -0.2) is 10.9 Å². The number of nitrogens with zero attached hydrogens (tertiary/aromatic N) is 2. The van der Waals surface area contributed by atoms with E-state index in [1.807, 2.05) is 12.1 Å². The van der Waals surface area contributed by atoms with Crippen molar-refractivity contribution in [2.45, 2.75) is 38.0 Å². The fourth-order valence-corrected chi connectivity index (χ4v) is 4.22. The molecule has 4 rings (SSSR count). The van der Waals surface area contributed by atoms with Crippen molar-refractivity contribution in [1.29, 1.82) is 0 Å². The zero-order chi connectivity index (χ0) is 20.4. The van der Waals surface area contributed by atoms with Crippen molar-refractivity contribution < 1.29 is 19.4 Å². The molecule has 1 aliphatic carbocycles. The van der Waals surface area contributed by atoms with Crippen molar-refractivity contribution in [2.24, 2.45) is 16.8 Å². The average molecular weight is 396 g/mol. The van der Waals surface area contributed by atoms with Gasteiger partial charge in [0, 0.05) is 12.0 Å². The van der Waals surface area contributed by atoms with Crippen LogP contribution in [0.1, 0.15) is 49.1 Å². The van der Waals surface area contributed by atoms with E-state index in [4.69, 9.17) is 15.7 Å². The van der Waals surface area contributed by atoms with Crippen molar-refractivity contribution >= 4 is 17.6 Å². The highest BCUT2D eigenvalue weighted by atomic mass is 16.5. The lowest BCUT2D eigenvalue weighted by molar-refractivity contribution is -0.138. The molecule has 0 spiro atoms. The Balaban J connectivity index is 1.50. The number of hydrazine groups is 1. The lowest BCUT2D eigenvalue weighted by Crippen LogP contribution is -2.38. The van der Waals surface area contributed by atoms with Gasteiger partial charge in [0.05, 0.1) is 11.9 Å². The summed E-state index contributed by atoms with van der Waals surface area (Å²) in [4.78, 5) is 28.0. The summed E-state index contributed by atoms with van der Waals surface area (Å²) in [5.41, 5.74) is 2.93. The number of carbonyl (C=O) groups excluding carboxylic acids is 1. The molecule has 1 aromatic rings. The summed E-state index contributed by atoms with van der Waals surface area (Å²) in [5, 5.41) is 12.9. The number of hydrogen-bond acceptors (Lipinski definition) is 6. The predicted molar refractivity (Wildman–Crippen MR) is 106 cm³/mol. The normalized spacial score (nSPS) is 24.2. The molecule has 1 amide bonds. The Morgan fingerprint density at radius 1 is 1.24 bits per heavy atom. The number of carbonyl (C=O) groups is 2. The monoisotopic (exact) mass is 396 g/mol. The Morgan fingerprint density at radius 3 is 2.66 bits per heavy atom. The van der Waals surface area contributed by atoms with Gasteiger partial charge < -0.3 is 15.2 Å². The van der Waals surface area contributed by atoms with Crippen LogP contribution in [0.25, 0.3) is 0 Å². The van der Waals surface area contributed by atoms with E-state index in [-0.39, 0.29) is 18.2 Å². The van der Waals surface area contributed by atoms with Crippen LogP contribution >= 0.6 is 0 Å². The number of nitrogens with two attached hydrogens (primary N) is 1. The van der Waals surface area contributed by atoms with Crippen LogP contribution in [-0.2, 0) is 14.3 Å². The number of nitrogens with one attached hydrogen (secondary N) is 1. The van der Waals surface area contributed by atoms with Gasteiger partial charge in [-0.15, -0.1) is 0 Å². The van der Waals surface area contributed by atoms with Gasteiger partial charge in [-0.3, -0.25) is 14.6 Å². The Kier molecular flexibility index (Phi) is 5.35. The molecule has 3 aliphatic rings. The molecule has 8 nitrogen and oxygen atoms in total. The maximum Gasteiger partial charge on any atom is 0.303 e.